The minimum atomic E-state index is -3.78. The minimum absolute atomic E-state index is 0.0604. The first-order valence-corrected chi connectivity index (χ1v) is 11.5. The normalized spacial score (nSPS) is 18.0. The van der Waals surface area contributed by atoms with E-state index in [9.17, 15) is 17.6 Å². The molecule has 2 heterocycles. The maximum atomic E-state index is 13.4. The SMILES string of the molecule is O=C(Nc1nc2c(s1)CN(S(=O)(=O)c1cccc(F)c1)CC2)NC1CCCC1. The molecular weight excluding hydrogens is 403 g/mol. The highest BCUT2D eigenvalue weighted by Gasteiger charge is 2.31. The quantitative estimate of drug-likeness (QED) is 0.789. The van der Waals surface area contributed by atoms with Crippen molar-refractivity contribution in [2.45, 2.75) is 49.6 Å². The van der Waals surface area contributed by atoms with Crippen molar-refractivity contribution in [2.24, 2.45) is 0 Å². The van der Waals surface area contributed by atoms with E-state index in [1.54, 1.807) is 0 Å². The summed E-state index contributed by atoms with van der Waals surface area (Å²) in [6.45, 7) is 0.432. The number of anilines is 1. The standard InChI is InChI=1S/C18H21FN4O3S2/c19-12-4-3-7-14(10-12)28(25,26)23-9-8-15-16(11-23)27-18(21-15)22-17(24)20-13-5-1-2-6-13/h3-4,7,10,13H,1-2,5-6,8-9,11H2,(H2,20,21,22,24). The van der Waals surface area contributed by atoms with Gasteiger partial charge < -0.3 is 5.32 Å². The van der Waals surface area contributed by atoms with Gasteiger partial charge in [0, 0.05) is 23.9 Å². The number of benzene rings is 1. The molecule has 1 fully saturated rings. The van der Waals surface area contributed by atoms with Crippen LogP contribution in [0, 0.1) is 5.82 Å². The highest BCUT2D eigenvalue weighted by atomic mass is 32.2. The Hall–Kier alpha value is -2.04. The number of nitrogens with zero attached hydrogens (tertiary/aromatic N) is 2. The lowest BCUT2D eigenvalue weighted by molar-refractivity contribution is 0.248. The molecule has 2 N–H and O–H groups in total. The number of carbonyl (C=O) groups excluding carboxylic acids is 1. The number of rotatable bonds is 4. The topological polar surface area (TPSA) is 91.4 Å². The maximum absolute atomic E-state index is 13.4. The molecule has 1 aromatic heterocycles. The number of nitrogens with one attached hydrogen (secondary N) is 2. The van der Waals surface area contributed by atoms with Crippen LogP contribution in [0.25, 0.3) is 0 Å². The van der Waals surface area contributed by atoms with Crippen LogP contribution in [0.1, 0.15) is 36.3 Å². The van der Waals surface area contributed by atoms with Gasteiger partial charge in [0.05, 0.1) is 17.1 Å². The van der Waals surface area contributed by atoms with Crippen molar-refractivity contribution in [3.8, 4) is 0 Å². The fourth-order valence-electron chi connectivity index (χ4n) is 3.60. The summed E-state index contributed by atoms with van der Waals surface area (Å²) in [6, 6.07) is 4.95. The second-order valence-corrected chi connectivity index (χ2v) is 10.0. The van der Waals surface area contributed by atoms with Gasteiger partial charge in [0.1, 0.15) is 5.82 Å². The number of amides is 2. The van der Waals surface area contributed by atoms with Crippen LogP contribution in [0.5, 0.6) is 0 Å². The van der Waals surface area contributed by atoms with Crippen LogP contribution in [0.4, 0.5) is 14.3 Å². The van der Waals surface area contributed by atoms with Gasteiger partial charge in [0.25, 0.3) is 0 Å². The number of hydrogen-bond donors (Lipinski definition) is 2. The van der Waals surface area contributed by atoms with E-state index >= 15 is 0 Å². The predicted molar refractivity (Wildman–Crippen MR) is 104 cm³/mol. The van der Waals surface area contributed by atoms with Crippen molar-refractivity contribution in [3.05, 3.63) is 40.7 Å². The number of halogens is 1. The summed E-state index contributed by atoms with van der Waals surface area (Å²) in [5.74, 6) is -0.587. The molecule has 1 aliphatic heterocycles. The van der Waals surface area contributed by atoms with Gasteiger partial charge in [0.2, 0.25) is 10.0 Å². The van der Waals surface area contributed by atoms with Crippen molar-refractivity contribution in [2.75, 3.05) is 11.9 Å². The molecule has 0 unspecified atom stereocenters. The van der Waals surface area contributed by atoms with Crippen LogP contribution in [-0.4, -0.2) is 36.3 Å². The van der Waals surface area contributed by atoms with Gasteiger partial charge in [-0.15, -0.1) is 0 Å². The summed E-state index contributed by atoms with van der Waals surface area (Å²) in [5, 5.41) is 6.16. The number of sulfonamides is 1. The van der Waals surface area contributed by atoms with E-state index in [0.717, 1.165) is 42.3 Å². The van der Waals surface area contributed by atoms with E-state index in [1.807, 2.05) is 0 Å². The monoisotopic (exact) mass is 424 g/mol. The number of urea groups is 1. The summed E-state index contributed by atoms with van der Waals surface area (Å²) in [4.78, 5) is 17.3. The third-order valence-electron chi connectivity index (χ3n) is 5.04. The van der Waals surface area contributed by atoms with Crippen LogP contribution >= 0.6 is 11.3 Å². The summed E-state index contributed by atoms with van der Waals surface area (Å²) < 4.78 is 40.3. The van der Waals surface area contributed by atoms with Crippen molar-refractivity contribution in [1.29, 1.82) is 0 Å². The van der Waals surface area contributed by atoms with Crippen molar-refractivity contribution in [1.82, 2.24) is 14.6 Å². The fourth-order valence-corrected chi connectivity index (χ4v) is 6.14. The smallest absolute Gasteiger partial charge is 0.321 e. The minimum Gasteiger partial charge on any atom is -0.335 e. The van der Waals surface area contributed by atoms with Crippen molar-refractivity contribution in [3.63, 3.8) is 0 Å². The van der Waals surface area contributed by atoms with Gasteiger partial charge in [-0.3, -0.25) is 5.32 Å². The lowest BCUT2D eigenvalue weighted by Gasteiger charge is -2.25. The maximum Gasteiger partial charge on any atom is 0.321 e. The zero-order valence-corrected chi connectivity index (χ0v) is 16.8. The Morgan fingerprint density at radius 2 is 2.07 bits per heavy atom. The molecule has 4 rings (SSSR count). The Bertz CT molecular complexity index is 986. The third kappa shape index (κ3) is 4.03. The molecule has 2 aliphatic rings. The largest absolute Gasteiger partial charge is 0.335 e. The third-order valence-corrected chi connectivity index (χ3v) is 7.88. The molecule has 0 saturated heterocycles. The summed E-state index contributed by atoms with van der Waals surface area (Å²) in [5.41, 5.74) is 0.798. The number of hydrogen-bond acceptors (Lipinski definition) is 5. The Labute approximate surface area is 167 Å². The van der Waals surface area contributed by atoms with Crippen LogP contribution in [0.2, 0.25) is 0 Å². The molecule has 0 spiro atoms. The first kappa shape index (κ1) is 19.3. The lowest BCUT2D eigenvalue weighted by atomic mass is 10.2. The molecule has 2 aromatic rings. The van der Waals surface area contributed by atoms with Gasteiger partial charge >= 0.3 is 6.03 Å². The van der Waals surface area contributed by atoms with Crippen LogP contribution in [-0.2, 0) is 23.0 Å². The number of thiazole rings is 1. The molecule has 2 amide bonds. The first-order chi connectivity index (χ1) is 13.4. The van der Waals surface area contributed by atoms with Gasteiger partial charge in [-0.2, -0.15) is 4.31 Å². The van der Waals surface area contributed by atoms with E-state index in [2.05, 4.69) is 15.6 Å². The van der Waals surface area contributed by atoms with Crippen LogP contribution in [0.15, 0.2) is 29.2 Å². The summed E-state index contributed by atoms with van der Waals surface area (Å²) in [7, 11) is -3.78. The average molecular weight is 425 g/mol. The summed E-state index contributed by atoms with van der Waals surface area (Å²) in [6.07, 6.45) is 4.70. The average Bonchev–Trinajstić information content (AvgIpc) is 3.29. The summed E-state index contributed by atoms with van der Waals surface area (Å²) >= 11 is 1.28. The molecule has 10 heteroatoms. The molecule has 1 saturated carbocycles. The van der Waals surface area contributed by atoms with Gasteiger partial charge in [-0.1, -0.05) is 30.2 Å². The van der Waals surface area contributed by atoms with Crippen molar-refractivity contribution < 1.29 is 17.6 Å². The molecular formula is C18H21FN4O3S2. The highest BCUT2D eigenvalue weighted by molar-refractivity contribution is 7.89. The Kier molecular flexibility index (Phi) is 5.35. The van der Waals surface area contributed by atoms with Crippen LogP contribution < -0.4 is 10.6 Å². The number of fused-ring (bicyclic) bond motifs is 1. The molecule has 150 valence electrons. The number of aromatic nitrogens is 1. The van der Waals surface area contributed by atoms with Gasteiger partial charge in [0.15, 0.2) is 5.13 Å². The Morgan fingerprint density at radius 1 is 1.29 bits per heavy atom. The van der Waals surface area contributed by atoms with Gasteiger partial charge in [-0.05, 0) is 31.0 Å². The molecule has 0 radical (unpaired) electrons. The van der Waals surface area contributed by atoms with E-state index < -0.39 is 15.8 Å². The van der Waals surface area contributed by atoms with E-state index in [1.165, 1.54) is 33.8 Å². The highest BCUT2D eigenvalue weighted by Crippen LogP contribution is 2.31. The second kappa shape index (κ2) is 7.76. The van der Waals surface area contributed by atoms with E-state index in [0.29, 0.717) is 11.6 Å². The molecule has 28 heavy (non-hydrogen) atoms. The first-order valence-electron chi connectivity index (χ1n) is 9.23. The second-order valence-electron chi connectivity index (χ2n) is 7.01. The molecule has 1 aliphatic carbocycles. The van der Waals surface area contributed by atoms with Gasteiger partial charge in [-0.25, -0.2) is 22.6 Å². The van der Waals surface area contributed by atoms with Crippen LogP contribution in [0.3, 0.4) is 0 Å². The zero-order chi connectivity index (χ0) is 19.7. The zero-order valence-electron chi connectivity index (χ0n) is 15.2. The predicted octanol–water partition coefficient (Wildman–Crippen LogP) is 3.09. The fraction of sp³-hybridized carbons (Fsp3) is 0.444. The molecule has 0 atom stereocenters. The number of carbonyl (C=O) groups is 1. The molecule has 1 aromatic carbocycles. The molecule has 0 bridgehead atoms. The lowest BCUT2D eigenvalue weighted by Crippen LogP contribution is -2.36. The van der Waals surface area contributed by atoms with Crippen molar-refractivity contribution >= 4 is 32.5 Å². The Morgan fingerprint density at radius 3 is 2.82 bits per heavy atom. The Balaban J connectivity index is 1.45. The molecule has 7 nitrogen and oxygen atoms in total. The van der Waals surface area contributed by atoms with E-state index in [-0.39, 0.29) is 30.1 Å². The van der Waals surface area contributed by atoms with E-state index in [4.69, 9.17) is 0 Å².